The third kappa shape index (κ3) is 1.73. The van der Waals surface area contributed by atoms with Crippen molar-refractivity contribution in [1.29, 1.82) is 5.26 Å². The molecule has 1 aliphatic heterocycles. The third-order valence-electron chi connectivity index (χ3n) is 2.55. The summed E-state index contributed by atoms with van der Waals surface area (Å²) in [6.07, 6.45) is 5.37. The van der Waals surface area contributed by atoms with Crippen LogP contribution in [0.5, 0.6) is 0 Å². The maximum absolute atomic E-state index is 8.90. The average molecular weight is 188 g/mol. The minimum Gasteiger partial charge on any atom is -0.316 e. The zero-order valence-corrected chi connectivity index (χ0v) is 7.90. The van der Waals surface area contributed by atoms with Gasteiger partial charge in [0.2, 0.25) is 0 Å². The van der Waals surface area contributed by atoms with Gasteiger partial charge in [-0.1, -0.05) is 0 Å². The summed E-state index contributed by atoms with van der Waals surface area (Å²) in [6, 6.07) is 2.14. The highest BCUT2D eigenvalue weighted by atomic mass is 14.9. The van der Waals surface area contributed by atoms with E-state index in [-0.39, 0.29) is 0 Å². The smallest absolute Gasteiger partial charge is 0.115 e. The molecule has 0 radical (unpaired) electrons. The number of nitrogens with one attached hydrogen (secondary N) is 1. The molecule has 0 amide bonds. The van der Waals surface area contributed by atoms with Gasteiger partial charge in [0.05, 0.1) is 11.3 Å². The van der Waals surface area contributed by atoms with Crippen LogP contribution in [0.25, 0.3) is 0 Å². The molecule has 1 saturated heterocycles. The van der Waals surface area contributed by atoms with Crippen LogP contribution < -0.4 is 5.32 Å². The van der Waals surface area contributed by atoms with Crippen LogP contribution in [0, 0.1) is 11.3 Å². The van der Waals surface area contributed by atoms with Crippen molar-refractivity contribution in [3.8, 4) is 6.07 Å². The Morgan fingerprint density at radius 1 is 1.57 bits per heavy atom. The van der Waals surface area contributed by atoms with Gasteiger partial charge in [0.1, 0.15) is 12.4 Å². The average Bonchev–Trinajstić information content (AvgIpc) is 2.30. The molecule has 1 aromatic heterocycles. The Morgan fingerprint density at radius 3 is 3.21 bits per heavy atom. The van der Waals surface area contributed by atoms with Crippen molar-refractivity contribution in [2.24, 2.45) is 0 Å². The van der Waals surface area contributed by atoms with Crippen molar-refractivity contribution in [2.45, 2.75) is 18.8 Å². The monoisotopic (exact) mass is 188 g/mol. The number of nitriles is 1. The molecule has 2 rings (SSSR count). The van der Waals surface area contributed by atoms with Gasteiger partial charge in [0.25, 0.3) is 0 Å². The number of aromatic nitrogens is 2. The highest BCUT2D eigenvalue weighted by Gasteiger charge is 2.19. The molecule has 1 atom stereocenters. The Balaban J connectivity index is 2.26. The van der Waals surface area contributed by atoms with Gasteiger partial charge in [-0.05, 0) is 19.4 Å². The zero-order valence-electron chi connectivity index (χ0n) is 7.90. The molecular weight excluding hydrogens is 176 g/mol. The number of piperidine rings is 1. The van der Waals surface area contributed by atoms with E-state index >= 15 is 0 Å². The molecule has 1 N–H and O–H groups in total. The zero-order chi connectivity index (χ0) is 9.80. The van der Waals surface area contributed by atoms with E-state index in [9.17, 15) is 0 Å². The summed E-state index contributed by atoms with van der Waals surface area (Å²) in [7, 11) is 0. The van der Waals surface area contributed by atoms with Crippen LogP contribution in [0.1, 0.15) is 30.0 Å². The van der Waals surface area contributed by atoms with E-state index in [2.05, 4.69) is 21.4 Å². The Morgan fingerprint density at radius 2 is 2.50 bits per heavy atom. The predicted molar refractivity (Wildman–Crippen MR) is 51.6 cm³/mol. The van der Waals surface area contributed by atoms with E-state index in [0.29, 0.717) is 11.5 Å². The predicted octanol–water partition coefficient (Wildman–Crippen LogP) is 0.815. The summed E-state index contributed by atoms with van der Waals surface area (Å²) >= 11 is 0. The van der Waals surface area contributed by atoms with Gasteiger partial charge in [0, 0.05) is 18.7 Å². The second-order valence-electron chi connectivity index (χ2n) is 3.48. The van der Waals surface area contributed by atoms with Crippen LogP contribution in [0.15, 0.2) is 12.5 Å². The maximum Gasteiger partial charge on any atom is 0.115 e. The molecule has 1 unspecified atom stereocenters. The summed E-state index contributed by atoms with van der Waals surface area (Å²) < 4.78 is 0. The Kier molecular flexibility index (Phi) is 2.70. The summed E-state index contributed by atoms with van der Waals surface area (Å²) in [5.74, 6) is 0.376. The maximum atomic E-state index is 8.90. The number of nitrogens with zero attached hydrogens (tertiary/aromatic N) is 3. The molecular formula is C10H12N4. The molecule has 0 aliphatic carbocycles. The number of rotatable bonds is 1. The highest BCUT2D eigenvalue weighted by Crippen LogP contribution is 2.23. The Bertz CT molecular complexity index is 349. The Labute approximate surface area is 83.0 Å². The molecule has 0 aromatic carbocycles. The molecule has 0 spiro atoms. The van der Waals surface area contributed by atoms with Crippen molar-refractivity contribution in [3.05, 3.63) is 23.8 Å². The van der Waals surface area contributed by atoms with Crippen LogP contribution in [0.3, 0.4) is 0 Å². The molecule has 1 fully saturated rings. The minimum absolute atomic E-state index is 0.376. The molecule has 4 heteroatoms. The van der Waals surface area contributed by atoms with E-state index in [4.69, 9.17) is 5.26 Å². The summed E-state index contributed by atoms with van der Waals surface area (Å²) in [5.41, 5.74) is 1.51. The van der Waals surface area contributed by atoms with Crippen LogP contribution in [0.4, 0.5) is 0 Å². The normalized spacial score (nSPS) is 21.5. The molecule has 72 valence electrons. The highest BCUT2D eigenvalue weighted by molar-refractivity contribution is 5.32. The van der Waals surface area contributed by atoms with Gasteiger partial charge >= 0.3 is 0 Å². The fourth-order valence-electron chi connectivity index (χ4n) is 1.84. The summed E-state index contributed by atoms with van der Waals surface area (Å²) in [5, 5.41) is 12.2. The fourth-order valence-corrected chi connectivity index (χ4v) is 1.84. The molecule has 0 bridgehead atoms. The van der Waals surface area contributed by atoms with Crippen molar-refractivity contribution >= 4 is 0 Å². The molecule has 2 heterocycles. The quantitative estimate of drug-likeness (QED) is 0.708. The van der Waals surface area contributed by atoms with Crippen molar-refractivity contribution in [2.75, 3.05) is 13.1 Å². The van der Waals surface area contributed by atoms with Crippen molar-refractivity contribution < 1.29 is 0 Å². The second-order valence-corrected chi connectivity index (χ2v) is 3.48. The lowest BCUT2D eigenvalue weighted by Crippen LogP contribution is -2.29. The minimum atomic E-state index is 0.376. The lowest BCUT2D eigenvalue weighted by Gasteiger charge is -2.22. The van der Waals surface area contributed by atoms with Crippen molar-refractivity contribution in [3.63, 3.8) is 0 Å². The molecule has 1 aromatic rings. The van der Waals surface area contributed by atoms with Gasteiger partial charge in [-0.2, -0.15) is 5.26 Å². The lowest BCUT2D eigenvalue weighted by molar-refractivity contribution is 0.453. The van der Waals surface area contributed by atoms with Crippen LogP contribution in [0.2, 0.25) is 0 Å². The summed E-state index contributed by atoms with van der Waals surface area (Å²) in [6.45, 7) is 2.00. The summed E-state index contributed by atoms with van der Waals surface area (Å²) in [4.78, 5) is 8.06. The first-order chi connectivity index (χ1) is 6.92. The molecule has 0 saturated carbocycles. The van der Waals surface area contributed by atoms with Crippen LogP contribution in [-0.4, -0.2) is 23.1 Å². The van der Waals surface area contributed by atoms with Crippen LogP contribution in [-0.2, 0) is 0 Å². The topological polar surface area (TPSA) is 61.6 Å². The van der Waals surface area contributed by atoms with Gasteiger partial charge < -0.3 is 5.32 Å². The van der Waals surface area contributed by atoms with E-state index in [1.54, 1.807) is 6.20 Å². The number of hydrogen-bond acceptors (Lipinski definition) is 4. The Hall–Kier alpha value is -1.47. The third-order valence-corrected chi connectivity index (χ3v) is 2.55. The molecule has 4 nitrogen and oxygen atoms in total. The van der Waals surface area contributed by atoms with Gasteiger partial charge in [-0.25, -0.2) is 9.97 Å². The first-order valence-corrected chi connectivity index (χ1v) is 4.82. The molecule has 14 heavy (non-hydrogen) atoms. The van der Waals surface area contributed by atoms with E-state index in [1.165, 1.54) is 6.33 Å². The molecule has 1 aliphatic rings. The largest absolute Gasteiger partial charge is 0.316 e. The van der Waals surface area contributed by atoms with Gasteiger partial charge in [0.15, 0.2) is 0 Å². The van der Waals surface area contributed by atoms with Gasteiger partial charge in [-0.3, -0.25) is 0 Å². The van der Waals surface area contributed by atoms with Crippen LogP contribution >= 0.6 is 0 Å². The lowest BCUT2D eigenvalue weighted by atomic mass is 9.93. The number of hydrogen-bond donors (Lipinski definition) is 1. The van der Waals surface area contributed by atoms with E-state index in [0.717, 1.165) is 31.6 Å². The van der Waals surface area contributed by atoms with E-state index < -0.39 is 0 Å². The van der Waals surface area contributed by atoms with Gasteiger partial charge in [-0.15, -0.1) is 0 Å². The SMILES string of the molecule is N#Cc1cncnc1C1CCCNC1. The standard InChI is InChI=1S/C10H12N4/c11-4-9-6-13-7-14-10(9)8-2-1-3-12-5-8/h6-8,12H,1-3,5H2. The fraction of sp³-hybridized carbons (Fsp3) is 0.500. The van der Waals surface area contributed by atoms with E-state index in [1.807, 2.05) is 0 Å². The van der Waals surface area contributed by atoms with Crippen molar-refractivity contribution in [1.82, 2.24) is 15.3 Å². The first kappa shape index (κ1) is 9.10. The first-order valence-electron chi connectivity index (χ1n) is 4.82. The second kappa shape index (κ2) is 4.16.